The summed E-state index contributed by atoms with van der Waals surface area (Å²) in [7, 11) is 1.61. The van der Waals surface area contributed by atoms with Crippen molar-refractivity contribution in [3.8, 4) is 17.2 Å². The maximum atomic E-state index is 11.1. The van der Waals surface area contributed by atoms with Crippen molar-refractivity contribution in [1.29, 1.82) is 0 Å². The van der Waals surface area contributed by atoms with Crippen LogP contribution in [-0.2, 0) is 4.79 Å². The monoisotopic (exact) mass is 341 g/mol. The van der Waals surface area contributed by atoms with Gasteiger partial charge in [-0.1, -0.05) is 0 Å². The summed E-state index contributed by atoms with van der Waals surface area (Å²) in [6.07, 6.45) is 0. The van der Waals surface area contributed by atoms with Gasteiger partial charge in [-0.3, -0.25) is 4.79 Å². The number of aromatic nitrogens is 3. The van der Waals surface area contributed by atoms with Crippen molar-refractivity contribution in [2.24, 2.45) is 5.41 Å². The molecule has 7 nitrogen and oxygen atoms in total. The minimum Gasteiger partial charge on any atom is -0.497 e. The number of ether oxygens (including phenoxy) is 2. The number of methoxy groups -OCH3 is 1. The molecule has 0 aliphatic heterocycles. The molecule has 0 saturated carbocycles. The lowest BCUT2D eigenvalue weighted by Crippen LogP contribution is -2.30. The molecule has 25 heavy (non-hydrogen) atoms. The minimum atomic E-state index is -0.945. The van der Waals surface area contributed by atoms with Gasteiger partial charge >= 0.3 is 5.97 Å². The van der Waals surface area contributed by atoms with Gasteiger partial charge in [0.2, 0.25) is 0 Å². The van der Waals surface area contributed by atoms with Crippen LogP contribution in [0.4, 0.5) is 0 Å². The number of benzene rings is 2. The van der Waals surface area contributed by atoms with E-state index in [1.54, 1.807) is 33.1 Å². The third-order valence-corrected chi connectivity index (χ3v) is 3.83. The Kier molecular flexibility index (Phi) is 4.31. The average Bonchev–Trinajstić information content (AvgIpc) is 3.03. The van der Waals surface area contributed by atoms with Gasteiger partial charge < -0.3 is 14.6 Å². The van der Waals surface area contributed by atoms with Crippen molar-refractivity contribution in [3.05, 3.63) is 42.5 Å². The summed E-state index contributed by atoms with van der Waals surface area (Å²) in [5, 5.41) is 18.0. The van der Waals surface area contributed by atoms with Gasteiger partial charge in [0, 0.05) is 6.07 Å². The molecule has 0 bridgehead atoms. The molecule has 0 aliphatic rings. The molecule has 130 valence electrons. The van der Waals surface area contributed by atoms with Gasteiger partial charge in [-0.05, 0) is 50.2 Å². The van der Waals surface area contributed by atoms with E-state index in [0.29, 0.717) is 5.75 Å². The van der Waals surface area contributed by atoms with Gasteiger partial charge in [0.05, 0.1) is 18.2 Å². The van der Waals surface area contributed by atoms with E-state index >= 15 is 0 Å². The highest BCUT2D eigenvalue weighted by molar-refractivity contribution is 5.75. The Morgan fingerprint density at radius 3 is 2.36 bits per heavy atom. The molecule has 1 aromatic heterocycles. The van der Waals surface area contributed by atoms with E-state index < -0.39 is 11.4 Å². The Bertz CT molecular complexity index is 900. The summed E-state index contributed by atoms with van der Waals surface area (Å²) in [6.45, 7) is 3.33. The number of nitrogens with zero attached hydrogens (tertiary/aromatic N) is 3. The van der Waals surface area contributed by atoms with Crippen molar-refractivity contribution in [1.82, 2.24) is 15.0 Å². The molecular weight excluding hydrogens is 322 g/mol. The summed E-state index contributed by atoms with van der Waals surface area (Å²) in [4.78, 5) is 12.6. The van der Waals surface area contributed by atoms with Crippen LogP contribution < -0.4 is 9.47 Å². The number of carbonyl (C=O) groups is 1. The molecule has 0 fully saturated rings. The second-order valence-electron chi connectivity index (χ2n) is 6.32. The predicted octanol–water partition coefficient (Wildman–Crippen LogP) is 2.92. The fourth-order valence-electron chi connectivity index (χ4n) is 2.14. The van der Waals surface area contributed by atoms with Crippen LogP contribution in [0.1, 0.15) is 13.8 Å². The zero-order chi connectivity index (χ0) is 18.0. The molecule has 1 N–H and O–H groups in total. The second-order valence-corrected chi connectivity index (χ2v) is 6.32. The summed E-state index contributed by atoms with van der Waals surface area (Å²) < 4.78 is 10.8. The number of hydrogen-bond donors (Lipinski definition) is 1. The fraction of sp³-hybridized carbons (Fsp3) is 0.278. The normalized spacial score (nSPS) is 11.5. The lowest BCUT2D eigenvalue weighted by molar-refractivity contribution is -0.148. The molecule has 3 aromatic rings. The van der Waals surface area contributed by atoms with Gasteiger partial charge in [-0.15, -0.1) is 10.2 Å². The van der Waals surface area contributed by atoms with Crippen LogP contribution >= 0.6 is 0 Å². The highest BCUT2D eigenvalue weighted by Crippen LogP contribution is 2.22. The first-order valence-electron chi connectivity index (χ1n) is 7.77. The number of carboxylic acids is 1. The van der Waals surface area contributed by atoms with Gasteiger partial charge in [-0.25, -0.2) is 0 Å². The second kappa shape index (κ2) is 6.43. The van der Waals surface area contributed by atoms with Crippen LogP contribution in [0.3, 0.4) is 0 Å². The summed E-state index contributed by atoms with van der Waals surface area (Å²) >= 11 is 0. The zero-order valence-electron chi connectivity index (χ0n) is 14.3. The molecule has 0 radical (unpaired) electrons. The van der Waals surface area contributed by atoms with Crippen molar-refractivity contribution in [3.63, 3.8) is 0 Å². The highest BCUT2D eigenvalue weighted by atomic mass is 16.5. The van der Waals surface area contributed by atoms with Gasteiger partial charge in [0.15, 0.2) is 0 Å². The number of rotatable bonds is 6. The summed E-state index contributed by atoms with van der Waals surface area (Å²) in [5.41, 5.74) is 1.34. The third kappa shape index (κ3) is 3.55. The van der Waals surface area contributed by atoms with E-state index in [4.69, 9.17) is 14.6 Å². The number of aliphatic carboxylic acids is 1. The van der Waals surface area contributed by atoms with E-state index in [-0.39, 0.29) is 6.61 Å². The smallest absolute Gasteiger partial charge is 0.312 e. The Morgan fingerprint density at radius 2 is 1.72 bits per heavy atom. The molecule has 2 aromatic carbocycles. The molecule has 0 amide bonds. The maximum Gasteiger partial charge on any atom is 0.312 e. The highest BCUT2D eigenvalue weighted by Gasteiger charge is 2.28. The topological polar surface area (TPSA) is 86.5 Å². The van der Waals surface area contributed by atoms with Crippen LogP contribution in [0.5, 0.6) is 11.5 Å². The fourth-order valence-corrected chi connectivity index (χ4v) is 2.14. The van der Waals surface area contributed by atoms with Crippen molar-refractivity contribution in [2.45, 2.75) is 13.8 Å². The van der Waals surface area contributed by atoms with Gasteiger partial charge in [0.25, 0.3) is 0 Å². The quantitative estimate of drug-likeness (QED) is 0.742. The lowest BCUT2D eigenvalue weighted by Gasteiger charge is -2.19. The Morgan fingerprint density at radius 1 is 1.08 bits per heavy atom. The molecule has 0 spiro atoms. The Balaban J connectivity index is 1.77. The van der Waals surface area contributed by atoms with Crippen LogP contribution in [0, 0.1) is 5.41 Å². The van der Waals surface area contributed by atoms with Crippen molar-refractivity contribution >= 4 is 17.0 Å². The Labute approximate surface area is 144 Å². The molecule has 0 saturated heterocycles. The molecule has 1 heterocycles. The minimum absolute atomic E-state index is 0.0887. The number of carboxylic acid groups (broad SMARTS) is 1. The molecule has 7 heteroatoms. The first kappa shape index (κ1) is 16.8. The SMILES string of the molecule is COc1ccc2nn(-c3ccc(OCC(C)(C)C(=O)O)cc3)nc2c1. The van der Waals surface area contributed by atoms with Crippen LogP contribution in [0.2, 0.25) is 0 Å². The van der Waals surface area contributed by atoms with Crippen LogP contribution in [0.25, 0.3) is 16.7 Å². The van der Waals surface area contributed by atoms with Crippen LogP contribution in [0.15, 0.2) is 42.5 Å². The van der Waals surface area contributed by atoms with Crippen LogP contribution in [-0.4, -0.2) is 39.8 Å². The standard InChI is InChI=1S/C18H19N3O4/c1-18(2,17(22)23)11-25-13-6-4-12(5-7-13)21-19-15-9-8-14(24-3)10-16(15)20-21/h4-10H,11H2,1-3H3,(H,22,23). The lowest BCUT2D eigenvalue weighted by atomic mass is 9.95. The third-order valence-electron chi connectivity index (χ3n) is 3.83. The molecule has 3 rings (SSSR count). The Hall–Kier alpha value is -3.09. The molecular formula is C18H19N3O4. The summed E-state index contributed by atoms with van der Waals surface area (Å²) in [5.74, 6) is 0.424. The van der Waals surface area contributed by atoms with Crippen molar-refractivity contribution < 1.29 is 19.4 Å². The van der Waals surface area contributed by atoms with E-state index in [1.807, 2.05) is 30.3 Å². The van der Waals surface area contributed by atoms with E-state index in [2.05, 4.69) is 10.2 Å². The average molecular weight is 341 g/mol. The molecule has 0 unspecified atom stereocenters. The van der Waals surface area contributed by atoms with Gasteiger partial charge in [0.1, 0.15) is 29.1 Å². The van der Waals surface area contributed by atoms with E-state index in [9.17, 15) is 4.79 Å². The van der Waals surface area contributed by atoms with E-state index in [0.717, 1.165) is 22.5 Å². The zero-order valence-corrected chi connectivity index (χ0v) is 14.3. The first-order valence-corrected chi connectivity index (χ1v) is 7.77. The largest absolute Gasteiger partial charge is 0.497 e. The first-order chi connectivity index (χ1) is 11.9. The van der Waals surface area contributed by atoms with E-state index in [1.165, 1.54) is 4.80 Å². The van der Waals surface area contributed by atoms with Crippen molar-refractivity contribution in [2.75, 3.05) is 13.7 Å². The molecule has 0 atom stereocenters. The number of hydrogen-bond acceptors (Lipinski definition) is 5. The summed E-state index contributed by atoms with van der Waals surface area (Å²) in [6, 6.07) is 12.7. The van der Waals surface area contributed by atoms with Gasteiger partial charge in [-0.2, -0.15) is 4.80 Å². The number of fused-ring (bicyclic) bond motifs is 1. The predicted molar refractivity (Wildman–Crippen MR) is 92.3 cm³/mol. The maximum absolute atomic E-state index is 11.1. The molecule has 0 aliphatic carbocycles.